The van der Waals surface area contributed by atoms with Crippen LogP contribution >= 0.6 is 0 Å². The Morgan fingerprint density at radius 1 is 0.935 bits per heavy atom. The van der Waals surface area contributed by atoms with Gasteiger partial charge in [-0.05, 0) is 5.41 Å². The van der Waals surface area contributed by atoms with E-state index in [-0.39, 0.29) is 0 Å². The van der Waals surface area contributed by atoms with E-state index in [0.29, 0.717) is 0 Å². The van der Waals surface area contributed by atoms with Crippen molar-refractivity contribution in [3.8, 4) is 0 Å². The minimum Gasteiger partial charge on any atom is -0.456 e. The Balaban J connectivity index is 1.75. The maximum absolute atomic E-state index is 16.1. The summed E-state index contributed by atoms with van der Waals surface area (Å²) < 4.78 is 37.4. The lowest BCUT2D eigenvalue weighted by Crippen LogP contribution is -2.68. The highest BCUT2D eigenvalue weighted by atomic mass is 18.2. The second-order valence-electron chi connectivity index (χ2n) is 10.4. The van der Waals surface area contributed by atoms with Gasteiger partial charge in [0, 0.05) is 5.92 Å². The van der Waals surface area contributed by atoms with Crippen molar-refractivity contribution in [3.05, 3.63) is 0 Å². The molecule has 0 aromatic carbocycles. The Kier molecular flexibility index (Phi) is 3.12. The molecule has 2 saturated carbocycles. The van der Waals surface area contributed by atoms with Crippen LogP contribution in [0.1, 0.15) is 20.8 Å². The summed E-state index contributed by atoms with van der Waals surface area (Å²) in [5.74, 6) is -5.06. The summed E-state index contributed by atoms with van der Waals surface area (Å²) in [5, 5.41) is 44.6. The van der Waals surface area contributed by atoms with E-state index in [2.05, 4.69) is 0 Å². The first-order valence-corrected chi connectivity index (χ1v) is 9.97. The summed E-state index contributed by atoms with van der Waals surface area (Å²) in [7, 11) is 0. The molecule has 6 fully saturated rings. The molecule has 4 aliphatic heterocycles. The first-order chi connectivity index (χ1) is 14.3. The van der Waals surface area contributed by atoms with E-state index in [1.807, 2.05) is 0 Å². The third kappa shape index (κ3) is 1.43. The van der Waals surface area contributed by atoms with Crippen molar-refractivity contribution in [1.29, 1.82) is 0 Å². The number of aliphatic hydroxyl groups is 4. The van der Waals surface area contributed by atoms with E-state index in [0.717, 1.165) is 0 Å². The van der Waals surface area contributed by atoms with E-state index in [1.54, 1.807) is 20.8 Å². The Morgan fingerprint density at radius 3 is 2.16 bits per heavy atom. The van der Waals surface area contributed by atoms with Gasteiger partial charge in [0.25, 0.3) is 0 Å². The molecule has 0 aromatic heterocycles. The zero-order chi connectivity index (χ0) is 22.7. The highest BCUT2D eigenvalue weighted by molar-refractivity contribution is 5.94. The van der Waals surface area contributed by atoms with Crippen LogP contribution in [0.4, 0.5) is 4.39 Å². The molecule has 6 unspecified atom stereocenters. The van der Waals surface area contributed by atoms with Crippen molar-refractivity contribution in [2.24, 2.45) is 22.2 Å². The lowest BCUT2D eigenvalue weighted by Gasteiger charge is -2.47. The van der Waals surface area contributed by atoms with E-state index in [1.165, 1.54) is 0 Å². The Labute approximate surface area is 174 Å². The molecule has 0 radical (unpaired) electrons. The van der Waals surface area contributed by atoms with Crippen LogP contribution in [0, 0.1) is 22.2 Å². The highest BCUT2D eigenvalue weighted by Crippen LogP contribution is 2.84. The molecule has 0 bridgehead atoms. The molecular formula is C19H21FO11. The topological polar surface area (TPSA) is 169 Å². The Morgan fingerprint density at radius 2 is 1.55 bits per heavy atom. The fraction of sp³-hybridized carbons (Fsp3) is 0.842. The van der Waals surface area contributed by atoms with Gasteiger partial charge in [0.15, 0.2) is 23.9 Å². The second-order valence-corrected chi connectivity index (χ2v) is 10.4. The molecule has 31 heavy (non-hydrogen) atoms. The van der Waals surface area contributed by atoms with E-state index < -0.39 is 94.3 Å². The number of fused-ring (bicyclic) bond motifs is 1. The average molecular weight is 443 g/mol. The minimum atomic E-state index is -2.87. The number of ether oxygens (including phenoxy) is 4. The fourth-order valence-corrected chi connectivity index (χ4v) is 7.95. The number of carbonyl (C=O) groups is 3. The molecule has 11 nitrogen and oxygen atoms in total. The monoisotopic (exact) mass is 443 g/mol. The summed E-state index contributed by atoms with van der Waals surface area (Å²) in [6, 6.07) is 0. The van der Waals surface area contributed by atoms with Crippen molar-refractivity contribution in [2.45, 2.75) is 75.0 Å². The van der Waals surface area contributed by atoms with Crippen molar-refractivity contribution in [2.75, 3.05) is 0 Å². The van der Waals surface area contributed by atoms with E-state index in [4.69, 9.17) is 18.9 Å². The van der Waals surface area contributed by atoms with Crippen LogP contribution in [-0.2, 0) is 33.3 Å². The van der Waals surface area contributed by atoms with Crippen molar-refractivity contribution in [1.82, 2.24) is 0 Å². The van der Waals surface area contributed by atoms with Crippen LogP contribution in [0.2, 0.25) is 0 Å². The summed E-state index contributed by atoms with van der Waals surface area (Å²) >= 11 is 0. The molecule has 12 atom stereocenters. The lowest BCUT2D eigenvalue weighted by molar-refractivity contribution is -0.245. The number of hydrogen-bond acceptors (Lipinski definition) is 11. The molecule has 170 valence electrons. The average Bonchev–Trinajstić information content (AvgIpc) is 3.35. The number of aliphatic hydroxyl groups excluding tert-OH is 3. The van der Waals surface area contributed by atoms with E-state index in [9.17, 15) is 34.8 Å². The molecule has 4 heterocycles. The lowest BCUT2D eigenvalue weighted by atomic mass is 9.51. The van der Waals surface area contributed by atoms with Crippen LogP contribution in [0.25, 0.3) is 0 Å². The summed E-state index contributed by atoms with van der Waals surface area (Å²) in [4.78, 5) is 37.8. The van der Waals surface area contributed by atoms with Gasteiger partial charge < -0.3 is 39.4 Å². The standard InChI is InChI=1S/C19H21FO11/c1-15(2,3)5-4(20)9-17-6(21)10-18(27,8(23)12(25)28-10)19(17,13(26)29-9)31-14-16(5,17)7(22)11(24)30-14/h4-10,14,21-23,27H,1-3H3/t4-,5-,6+,7-,8+,9?,10?,14?,16?,17?,18+,19?/m0/s1/i20-1. The predicted molar refractivity (Wildman–Crippen MR) is 89.1 cm³/mol. The normalized spacial score (nSPS) is 61.0. The molecule has 6 rings (SSSR count). The molecular weight excluding hydrogens is 422 g/mol. The van der Waals surface area contributed by atoms with Gasteiger partial charge in [-0.15, -0.1) is 0 Å². The zero-order valence-corrected chi connectivity index (χ0v) is 16.6. The van der Waals surface area contributed by atoms with Crippen LogP contribution < -0.4 is 0 Å². The molecule has 2 aliphatic carbocycles. The van der Waals surface area contributed by atoms with E-state index >= 15 is 4.39 Å². The first-order valence-electron chi connectivity index (χ1n) is 9.97. The number of rotatable bonds is 0. The van der Waals surface area contributed by atoms with Crippen molar-refractivity contribution < 1.29 is 58.1 Å². The molecule has 6 aliphatic rings. The van der Waals surface area contributed by atoms with Crippen LogP contribution in [-0.4, -0.2) is 92.5 Å². The number of carbonyl (C=O) groups excluding carboxylic acids is 3. The molecule has 0 amide bonds. The van der Waals surface area contributed by atoms with Gasteiger partial charge >= 0.3 is 17.9 Å². The number of halogens is 1. The first kappa shape index (κ1) is 19.8. The molecule has 2 spiro atoms. The number of alkyl halides is 1. The maximum atomic E-state index is 16.1. The van der Waals surface area contributed by atoms with Gasteiger partial charge in [-0.25, -0.2) is 18.8 Å². The molecule has 0 aromatic rings. The Bertz CT molecular complexity index is 963. The summed E-state index contributed by atoms with van der Waals surface area (Å²) in [6.45, 7) is 4.91. The third-order valence-electron chi connectivity index (χ3n) is 8.53. The summed E-state index contributed by atoms with van der Waals surface area (Å²) in [5.41, 5.74) is -10.9. The number of esters is 3. The third-order valence-corrected chi connectivity index (χ3v) is 8.53. The largest absolute Gasteiger partial charge is 0.456 e. The highest BCUT2D eigenvalue weighted by Gasteiger charge is 3.05. The number of hydrogen-bond donors (Lipinski definition) is 4. The molecule has 4 N–H and O–H groups in total. The quantitative estimate of drug-likeness (QED) is 0.227. The second kappa shape index (κ2) is 4.88. The minimum absolute atomic E-state index is 0.979. The van der Waals surface area contributed by atoms with Crippen LogP contribution in [0.3, 0.4) is 0 Å². The van der Waals surface area contributed by atoms with Crippen molar-refractivity contribution in [3.63, 3.8) is 0 Å². The van der Waals surface area contributed by atoms with Gasteiger partial charge in [0.1, 0.15) is 18.4 Å². The summed E-state index contributed by atoms with van der Waals surface area (Å²) in [6.07, 6.45) is -13.8. The van der Waals surface area contributed by atoms with Gasteiger partial charge in [-0.2, -0.15) is 0 Å². The molecule has 12 heteroatoms. The smallest absolute Gasteiger partial charge is 0.343 e. The Hall–Kier alpha value is -1.86. The van der Waals surface area contributed by atoms with Crippen LogP contribution in [0.5, 0.6) is 0 Å². The SMILES string of the molecule is CC(C)(C)[C@@H]1[C@H]([18F])C2OC(=O)C34OC5OC(=O)[C@H](O)C51C23[C@H](O)C1OC(=O)[C@@H](O)[C@@]14O. The van der Waals surface area contributed by atoms with Crippen LogP contribution in [0.15, 0.2) is 0 Å². The fourth-order valence-electron chi connectivity index (χ4n) is 7.95. The van der Waals surface area contributed by atoms with Crippen molar-refractivity contribution >= 4 is 17.9 Å². The zero-order valence-electron chi connectivity index (χ0n) is 16.6. The van der Waals surface area contributed by atoms with Gasteiger partial charge in [0.2, 0.25) is 11.9 Å². The van der Waals surface area contributed by atoms with Gasteiger partial charge in [0.05, 0.1) is 10.8 Å². The predicted octanol–water partition coefficient (Wildman–Crippen LogP) is -2.70. The van der Waals surface area contributed by atoms with Gasteiger partial charge in [-0.1, -0.05) is 20.8 Å². The maximum Gasteiger partial charge on any atom is 0.343 e. The van der Waals surface area contributed by atoms with Gasteiger partial charge in [-0.3, -0.25) is 0 Å². The molecule has 4 saturated heterocycles.